The van der Waals surface area contributed by atoms with Gasteiger partial charge in [-0.25, -0.2) is 9.37 Å². The number of methoxy groups -OCH3 is 1. The highest BCUT2D eigenvalue weighted by Crippen LogP contribution is 2.27. The largest absolute Gasteiger partial charge is 0.481 e. The smallest absolute Gasteiger partial charge is 0.228 e. The maximum atomic E-state index is 14.8. The highest BCUT2D eigenvalue weighted by molar-refractivity contribution is 5.93. The van der Waals surface area contributed by atoms with Gasteiger partial charge in [0.15, 0.2) is 0 Å². The quantitative estimate of drug-likeness (QED) is 0.839. The maximum absolute atomic E-state index is 14.8. The van der Waals surface area contributed by atoms with Crippen molar-refractivity contribution in [1.82, 2.24) is 15.3 Å². The lowest BCUT2D eigenvalue weighted by Gasteiger charge is -2.31. The Morgan fingerprint density at radius 1 is 1.32 bits per heavy atom. The molecule has 148 valence electrons. The Labute approximate surface area is 163 Å². The lowest BCUT2D eigenvalue weighted by atomic mass is 9.95. The van der Waals surface area contributed by atoms with Gasteiger partial charge in [0.2, 0.25) is 17.7 Å². The number of anilines is 2. The number of ether oxygens (including phenoxy) is 1. The van der Waals surface area contributed by atoms with E-state index in [-0.39, 0.29) is 23.3 Å². The summed E-state index contributed by atoms with van der Waals surface area (Å²) in [5.41, 5.74) is 1.96. The standard InChI is InChI=1S/C20H24FN5O2/c1-28-17-5-9-23-20(25-17)26-10-6-13(7-11-26)19(27)24-16-3-2-14-12-22-8-4-15(14)18(16)21/h2-3,5,9,13,22H,4,6-8,10-12H2,1H3,(H,24,27). The van der Waals surface area contributed by atoms with Crippen LogP contribution in [0.4, 0.5) is 16.0 Å². The molecule has 1 amide bonds. The molecule has 2 aliphatic heterocycles. The molecule has 0 aliphatic carbocycles. The van der Waals surface area contributed by atoms with Gasteiger partial charge in [0, 0.05) is 37.8 Å². The van der Waals surface area contributed by atoms with Gasteiger partial charge < -0.3 is 20.3 Å². The van der Waals surface area contributed by atoms with Crippen LogP contribution in [0.3, 0.4) is 0 Å². The van der Waals surface area contributed by atoms with E-state index in [1.165, 1.54) is 0 Å². The molecule has 0 unspecified atom stereocenters. The molecule has 2 N–H and O–H groups in total. The van der Waals surface area contributed by atoms with Crippen molar-refractivity contribution in [3.63, 3.8) is 0 Å². The molecule has 2 aliphatic rings. The molecule has 0 radical (unpaired) electrons. The van der Waals surface area contributed by atoms with Gasteiger partial charge in [-0.1, -0.05) is 6.07 Å². The first-order valence-corrected chi connectivity index (χ1v) is 9.59. The third-order valence-corrected chi connectivity index (χ3v) is 5.44. The van der Waals surface area contributed by atoms with Gasteiger partial charge in [-0.05, 0) is 43.0 Å². The average molecular weight is 385 g/mol. The molecular formula is C20H24FN5O2. The van der Waals surface area contributed by atoms with Crippen LogP contribution in [0.15, 0.2) is 24.4 Å². The summed E-state index contributed by atoms with van der Waals surface area (Å²) in [6.45, 7) is 2.77. The predicted octanol–water partition coefficient (Wildman–Crippen LogP) is 2.13. The summed E-state index contributed by atoms with van der Waals surface area (Å²) < 4.78 is 19.9. The Morgan fingerprint density at radius 2 is 2.14 bits per heavy atom. The average Bonchev–Trinajstić information content (AvgIpc) is 2.76. The number of hydrogen-bond acceptors (Lipinski definition) is 6. The SMILES string of the molecule is COc1ccnc(N2CCC(C(=O)Nc3ccc4c(c3F)CCNC4)CC2)n1. The van der Waals surface area contributed by atoms with Crippen molar-refractivity contribution < 1.29 is 13.9 Å². The van der Waals surface area contributed by atoms with E-state index in [0.717, 1.165) is 12.1 Å². The van der Waals surface area contributed by atoms with Crippen LogP contribution in [0, 0.1) is 11.7 Å². The van der Waals surface area contributed by atoms with Gasteiger partial charge in [-0.2, -0.15) is 4.98 Å². The van der Waals surface area contributed by atoms with Crippen LogP contribution in [-0.4, -0.2) is 42.6 Å². The lowest BCUT2D eigenvalue weighted by Crippen LogP contribution is -2.39. The van der Waals surface area contributed by atoms with Crippen molar-refractivity contribution in [2.24, 2.45) is 5.92 Å². The monoisotopic (exact) mass is 385 g/mol. The lowest BCUT2D eigenvalue weighted by molar-refractivity contribution is -0.120. The summed E-state index contributed by atoms with van der Waals surface area (Å²) in [6.07, 6.45) is 3.64. The Kier molecular flexibility index (Phi) is 5.38. The summed E-state index contributed by atoms with van der Waals surface area (Å²) in [7, 11) is 1.57. The number of carbonyl (C=O) groups is 1. The summed E-state index contributed by atoms with van der Waals surface area (Å²) in [6, 6.07) is 5.26. The second-order valence-electron chi connectivity index (χ2n) is 7.14. The zero-order chi connectivity index (χ0) is 19.5. The summed E-state index contributed by atoms with van der Waals surface area (Å²) in [5, 5.41) is 6.03. The van der Waals surface area contributed by atoms with Gasteiger partial charge in [0.05, 0.1) is 12.8 Å². The zero-order valence-corrected chi connectivity index (χ0v) is 15.9. The number of carbonyl (C=O) groups excluding carboxylic acids is 1. The fraction of sp³-hybridized carbons (Fsp3) is 0.450. The fourth-order valence-corrected chi connectivity index (χ4v) is 3.81. The molecule has 0 spiro atoms. The molecule has 4 rings (SSSR count). The molecular weight excluding hydrogens is 361 g/mol. The van der Waals surface area contributed by atoms with Crippen LogP contribution in [0.25, 0.3) is 0 Å². The summed E-state index contributed by atoms with van der Waals surface area (Å²) >= 11 is 0. The molecule has 1 fully saturated rings. The van der Waals surface area contributed by atoms with E-state index in [0.29, 0.717) is 56.3 Å². The molecule has 0 atom stereocenters. The van der Waals surface area contributed by atoms with Crippen molar-refractivity contribution in [3.8, 4) is 5.88 Å². The Hall–Kier alpha value is -2.74. The number of halogens is 1. The van der Waals surface area contributed by atoms with Crippen molar-refractivity contribution >= 4 is 17.5 Å². The van der Waals surface area contributed by atoms with Gasteiger partial charge in [0.25, 0.3) is 0 Å². The minimum Gasteiger partial charge on any atom is -0.481 e. The van der Waals surface area contributed by atoms with Crippen molar-refractivity contribution in [1.29, 1.82) is 0 Å². The number of nitrogens with one attached hydrogen (secondary N) is 2. The minimum absolute atomic E-state index is 0.126. The van der Waals surface area contributed by atoms with Crippen LogP contribution in [0.1, 0.15) is 24.0 Å². The Bertz CT molecular complexity index is 868. The topological polar surface area (TPSA) is 79.4 Å². The minimum atomic E-state index is -0.297. The first-order chi connectivity index (χ1) is 13.7. The van der Waals surface area contributed by atoms with E-state index >= 15 is 0 Å². The van der Waals surface area contributed by atoms with E-state index in [1.807, 2.05) is 11.0 Å². The van der Waals surface area contributed by atoms with Crippen LogP contribution in [0.2, 0.25) is 0 Å². The van der Waals surface area contributed by atoms with Crippen molar-refractivity contribution in [2.45, 2.75) is 25.8 Å². The summed E-state index contributed by atoms with van der Waals surface area (Å²) in [5.74, 6) is 0.544. The highest BCUT2D eigenvalue weighted by Gasteiger charge is 2.27. The normalized spacial score (nSPS) is 17.1. The molecule has 8 heteroatoms. The van der Waals surface area contributed by atoms with E-state index in [4.69, 9.17) is 4.74 Å². The number of piperidine rings is 1. The number of benzene rings is 1. The third kappa shape index (κ3) is 3.77. The second-order valence-corrected chi connectivity index (χ2v) is 7.14. The number of aromatic nitrogens is 2. The van der Waals surface area contributed by atoms with Gasteiger partial charge in [0.1, 0.15) is 5.82 Å². The van der Waals surface area contributed by atoms with Crippen LogP contribution in [-0.2, 0) is 17.8 Å². The third-order valence-electron chi connectivity index (χ3n) is 5.44. The predicted molar refractivity (Wildman–Crippen MR) is 104 cm³/mol. The van der Waals surface area contributed by atoms with E-state index in [2.05, 4.69) is 20.6 Å². The van der Waals surface area contributed by atoms with Crippen LogP contribution in [0.5, 0.6) is 5.88 Å². The molecule has 1 saturated heterocycles. The zero-order valence-electron chi connectivity index (χ0n) is 15.9. The van der Waals surface area contributed by atoms with E-state index in [1.54, 1.807) is 25.4 Å². The number of nitrogens with zero attached hydrogens (tertiary/aromatic N) is 3. The highest BCUT2D eigenvalue weighted by atomic mass is 19.1. The molecule has 28 heavy (non-hydrogen) atoms. The molecule has 0 bridgehead atoms. The van der Waals surface area contributed by atoms with E-state index < -0.39 is 0 Å². The van der Waals surface area contributed by atoms with Gasteiger partial charge in [-0.3, -0.25) is 4.79 Å². The first kappa shape index (κ1) is 18.6. The molecule has 1 aromatic heterocycles. The molecule has 0 saturated carbocycles. The van der Waals surface area contributed by atoms with Crippen molar-refractivity contribution in [3.05, 3.63) is 41.3 Å². The number of hydrogen-bond donors (Lipinski definition) is 2. The summed E-state index contributed by atoms with van der Waals surface area (Å²) in [4.78, 5) is 23.3. The second kappa shape index (κ2) is 8.10. The number of rotatable bonds is 4. The molecule has 2 aromatic rings. The fourth-order valence-electron chi connectivity index (χ4n) is 3.81. The van der Waals surface area contributed by atoms with Crippen LogP contribution >= 0.6 is 0 Å². The van der Waals surface area contributed by atoms with Crippen LogP contribution < -0.4 is 20.3 Å². The first-order valence-electron chi connectivity index (χ1n) is 9.59. The Balaban J connectivity index is 1.38. The molecule has 7 nitrogen and oxygen atoms in total. The Morgan fingerprint density at radius 3 is 2.93 bits per heavy atom. The van der Waals surface area contributed by atoms with Gasteiger partial charge >= 0.3 is 0 Å². The number of fused-ring (bicyclic) bond motifs is 1. The van der Waals surface area contributed by atoms with Crippen molar-refractivity contribution in [2.75, 3.05) is 37.0 Å². The molecule has 3 heterocycles. The van der Waals surface area contributed by atoms with Gasteiger partial charge in [-0.15, -0.1) is 0 Å². The number of amides is 1. The molecule has 1 aromatic carbocycles. The van der Waals surface area contributed by atoms with E-state index in [9.17, 15) is 9.18 Å². The maximum Gasteiger partial charge on any atom is 0.228 e.